The smallest absolute Gasteiger partial charge is 0.315 e. The Morgan fingerprint density at radius 3 is 3.04 bits per heavy atom. The van der Waals surface area contributed by atoms with Crippen molar-refractivity contribution in [3.8, 4) is 0 Å². The minimum Gasteiger partial charge on any atom is -0.332 e. The molecular formula is C16H20BrN3O2S. The van der Waals surface area contributed by atoms with Crippen molar-refractivity contribution in [3.05, 3.63) is 28.7 Å². The van der Waals surface area contributed by atoms with E-state index >= 15 is 0 Å². The Hall–Kier alpha value is -1.21. The maximum atomic E-state index is 11.9. The molecule has 3 amide bonds. The molecule has 0 spiro atoms. The van der Waals surface area contributed by atoms with Crippen LogP contribution in [0.15, 0.2) is 28.7 Å². The van der Waals surface area contributed by atoms with Crippen molar-refractivity contribution in [2.75, 3.05) is 11.1 Å². The Labute approximate surface area is 148 Å². The van der Waals surface area contributed by atoms with Gasteiger partial charge >= 0.3 is 6.03 Å². The highest BCUT2D eigenvalue weighted by Gasteiger charge is 2.42. The van der Waals surface area contributed by atoms with Crippen molar-refractivity contribution >= 4 is 45.3 Å². The van der Waals surface area contributed by atoms with Gasteiger partial charge in [0.25, 0.3) is 0 Å². The van der Waals surface area contributed by atoms with Crippen molar-refractivity contribution in [2.24, 2.45) is 0 Å². The van der Waals surface area contributed by atoms with Crippen molar-refractivity contribution in [2.45, 2.75) is 43.0 Å². The number of benzene rings is 1. The molecule has 2 aliphatic heterocycles. The predicted molar refractivity (Wildman–Crippen MR) is 96.7 cm³/mol. The van der Waals surface area contributed by atoms with Gasteiger partial charge in [-0.1, -0.05) is 28.4 Å². The Morgan fingerprint density at radius 1 is 1.35 bits per heavy atom. The van der Waals surface area contributed by atoms with Crippen molar-refractivity contribution in [3.63, 3.8) is 0 Å². The molecule has 0 aromatic heterocycles. The van der Waals surface area contributed by atoms with Gasteiger partial charge in [0.15, 0.2) is 0 Å². The maximum Gasteiger partial charge on any atom is 0.315 e. The summed E-state index contributed by atoms with van der Waals surface area (Å²) >= 11 is 5.31. The maximum absolute atomic E-state index is 11.9. The minimum atomic E-state index is -0.0429. The van der Waals surface area contributed by atoms with Gasteiger partial charge in [-0.05, 0) is 31.0 Å². The molecular weight excluding hydrogens is 378 g/mol. The summed E-state index contributed by atoms with van der Waals surface area (Å²) in [6, 6.07) is 8.09. The number of nitrogens with one attached hydrogen (secondary N) is 3. The molecule has 5 nitrogen and oxygen atoms in total. The lowest BCUT2D eigenvalue weighted by molar-refractivity contribution is -0.116. The van der Waals surface area contributed by atoms with E-state index in [9.17, 15) is 9.59 Å². The largest absolute Gasteiger partial charge is 0.332 e. The standard InChI is InChI=1S/C16H20BrN3O2S/c17-10-4-3-5-11(8-10)18-14(21)7-2-1-6-13-15-12(9-23-13)19-16(22)20-15/h3-5,8,12-13,15H,1-2,6-7,9H2,(H,18,21)(H2,19,20,22)/t12-,13-,15-/m1/s1. The highest BCUT2D eigenvalue weighted by molar-refractivity contribution is 9.10. The number of urea groups is 1. The summed E-state index contributed by atoms with van der Waals surface area (Å²) in [5.74, 6) is 1.04. The summed E-state index contributed by atoms with van der Waals surface area (Å²) in [4.78, 5) is 23.3. The lowest BCUT2D eigenvalue weighted by atomic mass is 10.0. The fourth-order valence-corrected chi connectivity index (χ4v) is 5.01. The number of amides is 3. The molecule has 0 unspecified atom stereocenters. The number of hydrogen-bond donors (Lipinski definition) is 3. The van der Waals surface area contributed by atoms with E-state index in [1.165, 1.54) is 0 Å². The number of fused-ring (bicyclic) bond motifs is 1. The van der Waals surface area contributed by atoms with Crippen LogP contribution in [-0.2, 0) is 4.79 Å². The molecule has 7 heteroatoms. The fourth-order valence-electron chi connectivity index (χ4n) is 3.06. The van der Waals surface area contributed by atoms with Gasteiger partial charge in [-0.25, -0.2) is 4.79 Å². The molecule has 3 N–H and O–H groups in total. The quantitative estimate of drug-likeness (QED) is 0.510. The first-order valence-electron chi connectivity index (χ1n) is 7.86. The summed E-state index contributed by atoms with van der Waals surface area (Å²) in [6.07, 6.45) is 3.44. The second kappa shape index (κ2) is 7.57. The highest BCUT2D eigenvalue weighted by atomic mass is 79.9. The molecule has 2 fully saturated rings. The molecule has 23 heavy (non-hydrogen) atoms. The van der Waals surface area contributed by atoms with Crippen LogP contribution < -0.4 is 16.0 Å². The van der Waals surface area contributed by atoms with Crippen LogP contribution in [0.2, 0.25) is 0 Å². The molecule has 0 radical (unpaired) electrons. The lowest BCUT2D eigenvalue weighted by Crippen LogP contribution is -2.36. The topological polar surface area (TPSA) is 70.2 Å². The van der Waals surface area contributed by atoms with E-state index in [4.69, 9.17) is 0 Å². The van der Waals surface area contributed by atoms with Crippen molar-refractivity contribution < 1.29 is 9.59 Å². The van der Waals surface area contributed by atoms with Gasteiger partial charge in [-0.2, -0.15) is 11.8 Å². The molecule has 3 rings (SSSR count). The fraction of sp³-hybridized carbons (Fsp3) is 0.500. The number of rotatable bonds is 6. The van der Waals surface area contributed by atoms with Crippen LogP contribution in [0.25, 0.3) is 0 Å². The molecule has 124 valence electrons. The number of carbonyl (C=O) groups excluding carboxylic acids is 2. The van der Waals surface area contributed by atoms with Crippen molar-refractivity contribution in [1.29, 1.82) is 0 Å². The average Bonchev–Trinajstić information content (AvgIpc) is 3.03. The third-order valence-corrected chi connectivity index (χ3v) is 6.19. The monoisotopic (exact) mass is 397 g/mol. The third kappa shape index (κ3) is 4.41. The zero-order valence-corrected chi connectivity index (χ0v) is 15.1. The summed E-state index contributed by atoms with van der Waals surface area (Å²) in [7, 11) is 0. The molecule has 1 aromatic carbocycles. The predicted octanol–water partition coefficient (Wildman–Crippen LogP) is 3.11. The number of anilines is 1. The van der Waals surface area contributed by atoms with E-state index in [0.29, 0.717) is 11.7 Å². The van der Waals surface area contributed by atoms with E-state index in [1.54, 1.807) is 0 Å². The second-order valence-corrected chi connectivity index (χ2v) is 8.11. The van der Waals surface area contributed by atoms with Crippen LogP contribution in [0.3, 0.4) is 0 Å². The summed E-state index contributed by atoms with van der Waals surface area (Å²) in [5, 5.41) is 9.32. The van der Waals surface area contributed by atoms with Gasteiger partial charge in [0.2, 0.25) is 5.91 Å². The second-order valence-electron chi connectivity index (χ2n) is 5.93. The van der Waals surface area contributed by atoms with E-state index in [1.807, 2.05) is 36.0 Å². The van der Waals surface area contributed by atoms with E-state index in [0.717, 1.165) is 35.2 Å². The SMILES string of the molecule is O=C(CCCC[C@H]1SC[C@H]2NC(=O)N[C@H]21)Nc1cccc(Br)c1. The summed E-state index contributed by atoms with van der Waals surface area (Å²) in [6.45, 7) is 0. The number of halogens is 1. The summed E-state index contributed by atoms with van der Waals surface area (Å²) < 4.78 is 0.954. The molecule has 2 heterocycles. The third-order valence-electron chi connectivity index (χ3n) is 4.19. The zero-order chi connectivity index (χ0) is 16.2. The number of hydrogen-bond acceptors (Lipinski definition) is 3. The normalized spacial score (nSPS) is 25.6. The Kier molecular flexibility index (Phi) is 5.48. The van der Waals surface area contributed by atoms with E-state index < -0.39 is 0 Å². The van der Waals surface area contributed by atoms with Gasteiger partial charge in [-0.3, -0.25) is 4.79 Å². The van der Waals surface area contributed by atoms with Gasteiger partial charge in [-0.15, -0.1) is 0 Å². The lowest BCUT2D eigenvalue weighted by Gasteiger charge is -2.16. The van der Waals surface area contributed by atoms with E-state index in [-0.39, 0.29) is 24.0 Å². The number of unbranched alkanes of at least 4 members (excludes halogenated alkanes) is 1. The van der Waals surface area contributed by atoms with Crippen LogP contribution in [0.4, 0.5) is 10.5 Å². The van der Waals surface area contributed by atoms with Gasteiger partial charge in [0.05, 0.1) is 12.1 Å². The zero-order valence-electron chi connectivity index (χ0n) is 12.7. The molecule has 3 atom stereocenters. The number of thioether (sulfide) groups is 1. The first-order chi connectivity index (χ1) is 11.1. The Bertz CT molecular complexity index is 598. The van der Waals surface area contributed by atoms with Crippen LogP contribution in [0.5, 0.6) is 0 Å². The van der Waals surface area contributed by atoms with E-state index in [2.05, 4.69) is 31.9 Å². The minimum absolute atomic E-state index is 0.0429. The van der Waals surface area contributed by atoms with Gasteiger partial charge in [0.1, 0.15) is 0 Å². The highest BCUT2D eigenvalue weighted by Crippen LogP contribution is 2.33. The van der Waals surface area contributed by atoms with Crippen LogP contribution in [0.1, 0.15) is 25.7 Å². The van der Waals surface area contributed by atoms with Gasteiger partial charge < -0.3 is 16.0 Å². The summed E-state index contributed by atoms with van der Waals surface area (Å²) in [5.41, 5.74) is 0.818. The molecule has 2 aliphatic rings. The Balaban J connectivity index is 1.35. The van der Waals surface area contributed by atoms with Gasteiger partial charge in [0, 0.05) is 27.6 Å². The van der Waals surface area contributed by atoms with Crippen LogP contribution in [0, 0.1) is 0 Å². The molecule has 2 saturated heterocycles. The van der Waals surface area contributed by atoms with Crippen molar-refractivity contribution in [1.82, 2.24) is 10.6 Å². The van der Waals surface area contributed by atoms with Crippen LogP contribution >= 0.6 is 27.7 Å². The molecule has 1 aromatic rings. The first kappa shape index (κ1) is 16.6. The average molecular weight is 398 g/mol. The molecule has 0 aliphatic carbocycles. The first-order valence-corrected chi connectivity index (χ1v) is 9.70. The molecule has 0 bridgehead atoms. The molecule has 0 saturated carbocycles. The Morgan fingerprint density at radius 2 is 2.22 bits per heavy atom. The number of carbonyl (C=O) groups is 2. The van der Waals surface area contributed by atoms with Crippen LogP contribution in [-0.4, -0.2) is 35.0 Å².